The Bertz CT molecular complexity index is 776. The number of aromatic nitrogens is 2. The normalized spacial score (nSPS) is 10.9. The highest BCUT2D eigenvalue weighted by Crippen LogP contribution is 2.18. The first-order chi connectivity index (χ1) is 10.7. The fourth-order valence-electron chi connectivity index (χ4n) is 2.38. The molecule has 0 spiro atoms. The van der Waals surface area contributed by atoms with Crippen molar-refractivity contribution in [3.8, 4) is 0 Å². The molecule has 0 fully saturated rings. The van der Waals surface area contributed by atoms with E-state index in [-0.39, 0.29) is 6.42 Å². The highest BCUT2D eigenvalue weighted by molar-refractivity contribution is 5.83. The molecule has 0 amide bonds. The maximum absolute atomic E-state index is 10.5. The number of aliphatic carboxylic acids is 1. The lowest BCUT2D eigenvalue weighted by Gasteiger charge is -2.01. The molecule has 3 N–H and O–H groups in total. The first-order valence-electron chi connectivity index (χ1n) is 7.17. The largest absolute Gasteiger partial charge is 0.481 e. The van der Waals surface area contributed by atoms with E-state index in [4.69, 9.17) is 9.52 Å². The Labute approximate surface area is 127 Å². The second kappa shape index (κ2) is 6.34. The molecular formula is C16H17N3O3. The van der Waals surface area contributed by atoms with E-state index in [0.717, 1.165) is 11.9 Å². The van der Waals surface area contributed by atoms with E-state index in [9.17, 15) is 4.79 Å². The van der Waals surface area contributed by atoms with Crippen LogP contribution in [0.3, 0.4) is 0 Å². The van der Waals surface area contributed by atoms with Gasteiger partial charge in [0.15, 0.2) is 0 Å². The van der Waals surface area contributed by atoms with Crippen molar-refractivity contribution >= 4 is 22.9 Å². The molecular weight excluding hydrogens is 282 g/mol. The Hall–Kier alpha value is -2.76. The molecule has 22 heavy (non-hydrogen) atoms. The molecule has 0 bridgehead atoms. The van der Waals surface area contributed by atoms with E-state index in [1.54, 1.807) is 0 Å². The van der Waals surface area contributed by atoms with E-state index in [1.807, 2.05) is 18.3 Å². The highest BCUT2D eigenvalue weighted by atomic mass is 16.4. The first-order valence-corrected chi connectivity index (χ1v) is 7.17. The van der Waals surface area contributed by atoms with Gasteiger partial charge in [0.25, 0.3) is 6.01 Å². The van der Waals surface area contributed by atoms with Gasteiger partial charge in [-0.15, -0.1) is 0 Å². The summed E-state index contributed by atoms with van der Waals surface area (Å²) in [4.78, 5) is 18.0. The van der Waals surface area contributed by atoms with Crippen LogP contribution in [0.25, 0.3) is 10.9 Å². The first kappa shape index (κ1) is 14.2. The molecule has 6 heteroatoms. The van der Waals surface area contributed by atoms with Crippen LogP contribution in [-0.4, -0.2) is 27.6 Å². The lowest BCUT2D eigenvalue weighted by molar-refractivity contribution is -0.136. The van der Waals surface area contributed by atoms with Gasteiger partial charge in [0.05, 0.1) is 12.1 Å². The SMILES string of the molecule is O=C(O)CCc1coc(NCCc2c[nH]c3ccccc23)n1. The van der Waals surface area contributed by atoms with Gasteiger partial charge in [0, 0.05) is 30.1 Å². The number of carbonyl (C=O) groups is 1. The Morgan fingerprint density at radius 3 is 3.05 bits per heavy atom. The number of carboxylic acid groups (broad SMARTS) is 1. The summed E-state index contributed by atoms with van der Waals surface area (Å²) < 4.78 is 5.28. The van der Waals surface area contributed by atoms with Gasteiger partial charge in [-0.05, 0) is 18.1 Å². The number of anilines is 1. The van der Waals surface area contributed by atoms with Crippen LogP contribution < -0.4 is 5.32 Å². The molecule has 114 valence electrons. The quantitative estimate of drug-likeness (QED) is 0.624. The van der Waals surface area contributed by atoms with Crippen LogP contribution in [0.4, 0.5) is 6.01 Å². The van der Waals surface area contributed by atoms with Crippen LogP contribution in [0.5, 0.6) is 0 Å². The monoisotopic (exact) mass is 299 g/mol. The summed E-state index contributed by atoms with van der Waals surface area (Å²) >= 11 is 0. The number of hydrogen-bond acceptors (Lipinski definition) is 4. The minimum atomic E-state index is -0.836. The Balaban J connectivity index is 1.54. The van der Waals surface area contributed by atoms with Crippen LogP contribution in [0.2, 0.25) is 0 Å². The molecule has 0 saturated carbocycles. The third-order valence-electron chi connectivity index (χ3n) is 3.49. The maximum atomic E-state index is 10.5. The summed E-state index contributed by atoms with van der Waals surface area (Å²) in [5.74, 6) is -0.836. The van der Waals surface area contributed by atoms with Crippen LogP contribution >= 0.6 is 0 Å². The Kier molecular flexibility index (Phi) is 4.09. The predicted molar refractivity (Wildman–Crippen MR) is 83.0 cm³/mol. The van der Waals surface area contributed by atoms with Gasteiger partial charge in [0.2, 0.25) is 0 Å². The number of hydrogen-bond donors (Lipinski definition) is 3. The fourth-order valence-corrected chi connectivity index (χ4v) is 2.38. The van der Waals surface area contributed by atoms with Gasteiger partial charge in [-0.2, -0.15) is 4.98 Å². The molecule has 0 saturated heterocycles. The summed E-state index contributed by atoms with van der Waals surface area (Å²) in [6, 6.07) is 8.60. The number of aromatic amines is 1. The van der Waals surface area contributed by atoms with Gasteiger partial charge in [-0.25, -0.2) is 0 Å². The number of aryl methyl sites for hydroxylation is 1. The number of rotatable bonds is 7. The number of nitrogens with one attached hydrogen (secondary N) is 2. The third kappa shape index (κ3) is 3.28. The molecule has 0 aliphatic heterocycles. The number of carboxylic acids is 1. The molecule has 1 aromatic carbocycles. The average molecular weight is 299 g/mol. The Morgan fingerprint density at radius 2 is 2.18 bits per heavy atom. The number of fused-ring (bicyclic) bond motifs is 1. The fraction of sp³-hybridized carbons (Fsp3) is 0.250. The molecule has 3 rings (SSSR count). The van der Waals surface area contributed by atoms with Crippen molar-refractivity contribution in [3.05, 3.63) is 48.0 Å². The molecule has 2 aromatic heterocycles. The summed E-state index contributed by atoms with van der Waals surface area (Å²) in [7, 11) is 0. The summed E-state index contributed by atoms with van der Waals surface area (Å²) in [5.41, 5.74) is 3.02. The number of nitrogens with zero attached hydrogens (tertiary/aromatic N) is 1. The topological polar surface area (TPSA) is 91.1 Å². The van der Waals surface area contributed by atoms with E-state index in [1.165, 1.54) is 17.2 Å². The smallest absolute Gasteiger partial charge is 0.303 e. The molecule has 0 aliphatic carbocycles. The van der Waals surface area contributed by atoms with E-state index >= 15 is 0 Å². The zero-order valence-electron chi connectivity index (χ0n) is 12.0. The van der Waals surface area contributed by atoms with Crippen LogP contribution in [0.15, 0.2) is 41.1 Å². The van der Waals surface area contributed by atoms with Gasteiger partial charge in [0.1, 0.15) is 6.26 Å². The number of benzene rings is 1. The van der Waals surface area contributed by atoms with Gasteiger partial charge in [-0.3, -0.25) is 4.79 Å². The highest BCUT2D eigenvalue weighted by Gasteiger charge is 2.07. The van der Waals surface area contributed by atoms with Gasteiger partial charge < -0.3 is 19.8 Å². The van der Waals surface area contributed by atoms with Crippen molar-refractivity contribution < 1.29 is 14.3 Å². The van der Waals surface area contributed by atoms with E-state index in [0.29, 0.717) is 24.7 Å². The molecule has 3 aromatic rings. The number of H-pyrrole nitrogens is 1. The van der Waals surface area contributed by atoms with Crippen molar-refractivity contribution in [2.45, 2.75) is 19.3 Å². The average Bonchev–Trinajstić information content (AvgIpc) is 3.13. The second-order valence-corrected chi connectivity index (χ2v) is 5.07. The summed E-state index contributed by atoms with van der Waals surface area (Å²) in [5, 5.41) is 13.0. The van der Waals surface area contributed by atoms with Crippen molar-refractivity contribution in [2.75, 3.05) is 11.9 Å². The lowest BCUT2D eigenvalue weighted by Crippen LogP contribution is -2.05. The lowest BCUT2D eigenvalue weighted by atomic mass is 10.1. The molecule has 0 aliphatic rings. The molecule has 0 atom stereocenters. The van der Waals surface area contributed by atoms with E-state index < -0.39 is 5.97 Å². The minimum Gasteiger partial charge on any atom is -0.481 e. The molecule has 0 radical (unpaired) electrons. The third-order valence-corrected chi connectivity index (χ3v) is 3.49. The van der Waals surface area contributed by atoms with Crippen molar-refractivity contribution in [3.63, 3.8) is 0 Å². The van der Waals surface area contributed by atoms with Gasteiger partial charge >= 0.3 is 5.97 Å². The van der Waals surface area contributed by atoms with Crippen LogP contribution in [0.1, 0.15) is 17.7 Å². The Morgan fingerprint density at radius 1 is 1.32 bits per heavy atom. The molecule has 2 heterocycles. The summed E-state index contributed by atoms with van der Waals surface area (Å²) in [6.07, 6.45) is 4.79. The number of para-hydroxylation sites is 1. The van der Waals surface area contributed by atoms with Gasteiger partial charge in [-0.1, -0.05) is 18.2 Å². The van der Waals surface area contributed by atoms with Crippen molar-refractivity contribution in [1.82, 2.24) is 9.97 Å². The van der Waals surface area contributed by atoms with Crippen LogP contribution in [0, 0.1) is 0 Å². The molecule has 6 nitrogen and oxygen atoms in total. The second-order valence-electron chi connectivity index (χ2n) is 5.07. The number of oxazole rings is 1. The van der Waals surface area contributed by atoms with Crippen molar-refractivity contribution in [1.29, 1.82) is 0 Å². The van der Waals surface area contributed by atoms with E-state index in [2.05, 4.69) is 27.4 Å². The zero-order valence-corrected chi connectivity index (χ0v) is 12.0. The maximum Gasteiger partial charge on any atom is 0.303 e. The molecule has 0 unspecified atom stereocenters. The van der Waals surface area contributed by atoms with Crippen LogP contribution in [-0.2, 0) is 17.6 Å². The zero-order chi connectivity index (χ0) is 15.4. The predicted octanol–water partition coefficient (Wildman–Crippen LogP) is 2.83. The van der Waals surface area contributed by atoms with Crippen molar-refractivity contribution in [2.24, 2.45) is 0 Å². The minimum absolute atomic E-state index is 0.0569. The standard InChI is InChI=1S/C16H17N3O3/c20-15(21)6-5-12-10-22-16(19-12)17-8-7-11-9-18-14-4-2-1-3-13(11)14/h1-4,9-10,18H,5-8H2,(H,17,19)(H,20,21). The summed E-state index contributed by atoms with van der Waals surface area (Å²) in [6.45, 7) is 0.695.